The van der Waals surface area contributed by atoms with Gasteiger partial charge in [0.1, 0.15) is 18.4 Å². The van der Waals surface area contributed by atoms with Crippen LogP contribution in [0.15, 0.2) is 53.7 Å². The Kier molecular flexibility index (Phi) is 4.28. The molecule has 1 aromatic carbocycles. The standard InChI is InChI=1S/C19H21N5O2/c1-14-6-5-9-16(15-7-3-2-4-8-15)24(14)18(25)12-22-19(26)17-10-11-20-23(17)13-21-22/h2-4,7-8,10-11,13-14,16H,5-6,9,12H2,1H3. The van der Waals surface area contributed by atoms with Crippen molar-refractivity contribution in [2.45, 2.75) is 44.8 Å². The van der Waals surface area contributed by atoms with Crippen LogP contribution in [0.25, 0.3) is 5.52 Å². The van der Waals surface area contributed by atoms with Gasteiger partial charge < -0.3 is 4.90 Å². The van der Waals surface area contributed by atoms with E-state index in [0.29, 0.717) is 5.52 Å². The van der Waals surface area contributed by atoms with E-state index in [1.807, 2.05) is 23.1 Å². The second kappa shape index (κ2) is 6.74. The van der Waals surface area contributed by atoms with E-state index in [1.165, 1.54) is 15.5 Å². The minimum absolute atomic E-state index is 0.0434. The van der Waals surface area contributed by atoms with Gasteiger partial charge in [-0.25, -0.2) is 9.20 Å². The predicted octanol–water partition coefficient (Wildman–Crippen LogP) is 2.03. The highest BCUT2D eigenvalue weighted by Gasteiger charge is 2.32. The normalized spacial score (nSPS) is 20.4. The van der Waals surface area contributed by atoms with Crippen LogP contribution in [-0.4, -0.2) is 36.2 Å². The van der Waals surface area contributed by atoms with E-state index >= 15 is 0 Å². The Hall–Kier alpha value is -2.96. The summed E-state index contributed by atoms with van der Waals surface area (Å²) in [6.07, 6.45) is 5.99. The molecule has 1 aliphatic heterocycles. The number of benzene rings is 1. The fraction of sp³-hybridized carbons (Fsp3) is 0.368. The Labute approximate surface area is 150 Å². The van der Waals surface area contributed by atoms with Crippen LogP contribution in [0.4, 0.5) is 0 Å². The van der Waals surface area contributed by atoms with Crippen LogP contribution in [0, 0.1) is 0 Å². The summed E-state index contributed by atoms with van der Waals surface area (Å²) in [5.41, 5.74) is 1.25. The lowest BCUT2D eigenvalue weighted by Gasteiger charge is -2.41. The molecule has 1 saturated heterocycles. The topological polar surface area (TPSA) is 72.5 Å². The lowest BCUT2D eigenvalue weighted by molar-refractivity contribution is -0.139. The quantitative estimate of drug-likeness (QED) is 0.724. The number of amides is 1. The van der Waals surface area contributed by atoms with Crippen molar-refractivity contribution in [3.8, 4) is 0 Å². The summed E-state index contributed by atoms with van der Waals surface area (Å²) in [6, 6.07) is 11.9. The molecule has 7 heteroatoms. The second-order valence-electron chi connectivity index (χ2n) is 6.76. The highest BCUT2D eigenvalue weighted by Crippen LogP contribution is 2.34. The maximum Gasteiger partial charge on any atom is 0.293 e. The molecule has 0 radical (unpaired) electrons. The summed E-state index contributed by atoms with van der Waals surface area (Å²) in [4.78, 5) is 27.5. The zero-order chi connectivity index (χ0) is 18.1. The highest BCUT2D eigenvalue weighted by molar-refractivity contribution is 5.77. The molecule has 3 aromatic rings. The van der Waals surface area contributed by atoms with Crippen molar-refractivity contribution in [3.05, 3.63) is 64.8 Å². The monoisotopic (exact) mass is 351 g/mol. The van der Waals surface area contributed by atoms with E-state index in [4.69, 9.17) is 0 Å². The SMILES string of the molecule is CC1CCCC(c2ccccc2)N1C(=O)Cn1ncn2nccc2c1=O. The fourth-order valence-electron chi connectivity index (χ4n) is 3.81. The van der Waals surface area contributed by atoms with Crippen LogP contribution in [0.5, 0.6) is 0 Å². The summed E-state index contributed by atoms with van der Waals surface area (Å²) >= 11 is 0. The molecule has 3 heterocycles. The van der Waals surface area contributed by atoms with Crippen molar-refractivity contribution in [1.82, 2.24) is 24.3 Å². The third kappa shape index (κ3) is 2.89. The molecule has 0 saturated carbocycles. The number of fused-ring (bicyclic) bond motifs is 1. The molecule has 2 unspecified atom stereocenters. The smallest absolute Gasteiger partial charge is 0.293 e. The maximum absolute atomic E-state index is 13.1. The van der Waals surface area contributed by atoms with Gasteiger partial charge in [0.2, 0.25) is 5.91 Å². The molecule has 1 aliphatic rings. The van der Waals surface area contributed by atoms with Gasteiger partial charge in [0.05, 0.1) is 12.2 Å². The van der Waals surface area contributed by atoms with Gasteiger partial charge in [0, 0.05) is 6.04 Å². The Morgan fingerprint density at radius 3 is 2.77 bits per heavy atom. The average Bonchev–Trinajstić information content (AvgIpc) is 3.14. The molecule has 2 atom stereocenters. The van der Waals surface area contributed by atoms with E-state index in [2.05, 4.69) is 29.3 Å². The first-order chi connectivity index (χ1) is 12.6. The van der Waals surface area contributed by atoms with Gasteiger partial charge in [-0.2, -0.15) is 10.2 Å². The van der Waals surface area contributed by atoms with Gasteiger partial charge in [0.25, 0.3) is 5.56 Å². The van der Waals surface area contributed by atoms with Gasteiger partial charge in [-0.1, -0.05) is 30.3 Å². The third-order valence-corrected chi connectivity index (χ3v) is 5.09. The van der Waals surface area contributed by atoms with Gasteiger partial charge in [-0.15, -0.1) is 0 Å². The largest absolute Gasteiger partial charge is 0.331 e. The molecule has 0 N–H and O–H groups in total. The summed E-state index contributed by atoms with van der Waals surface area (Å²) in [5, 5.41) is 8.09. The number of carbonyl (C=O) groups excluding carboxylic acids is 1. The minimum Gasteiger partial charge on any atom is -0.331 e. The van der Waals surface area contributed by atoms with Crippen LogP contribution >= 0.6 is 0 Å². The van der Waals surface area contributed by atoms with Crippen molar-refractivity contribution in [2.24, 2.45) is 0 Å². The Morgan fingerprint density at radius 1 is 1.15 bits per heavy atom. The van der Waals surface area contributed by atoms with Gasteiger partial charge in [-0.05, 0) is 37.8 Å². The number of aromatic nitrogens is 4. The maximum atomic E-state index is 13.1. The van der Waals surface area contributed by atoms with E-state index in [9.17, 15) is 9.59 Å². The lowest BCUT2D eigenvalue weighted by Crippen LogP contribution is -2.46. The minimum atomic E-state index is -0.306. The van der Waals surface area contributed by atoms with Crippen molar-refractivity contribution in [1.29, 1.82) is 0 Å². The van der Waals surface area contributed by atoms with E-state index in [0.717, 1.165) is 24.8 Å². The zero-order valence-corrected chi connectivity index (χ0v) is 14.7. The summed E-state index contributed by atoms with van der Waals surface area (Å²) < 4.78 is 2.64. The molecular formula is C19H21N5O2. The Morgan fingerprint density at radius 2 is 1.96 bits per heavy atom. The highest BCUT2D eigenvalue weighted by atomic mass is 16.2. The first-order valence-corrected chi connectivity index (χ1v) is 8.91. The first kappa shape index (κ1) is 16.5. The van der Waals surface area contributed by atoms with Crippen molar-refractivity contribution in [2.75, 3.05) is 0 Å². The molecule has 2 aromatic heterocycles. The van der Waals surface area contributed by atoms with Crippen molar-refractivity contribution >= 4 is 11.4 Å². The molecule has 134 valence electrons. The number of rotatable bonds is 3. The Balaban J connectivity index is 1.63. The van der Waals surface area contributed by atoms with Gasteiger partial charge in [0.15, 0.2) is 0 Å². The fourth-order valence-corrected chi connectivity index (χ4v) is 3.81. The molecule has 1 fully saturated rings. The summed E-state index contributed by atoms with van der Waals surface area (Å²) in [5.74, 6) is -0.0791. The first-order valence-electron chi connectivity index (χ1n) is 8.91. The summed E-state index contributed by atoms with van der Waals surface area (Å²) in [7, 11) is 0. The predicted molar refractivity (Wildman–Crippen MR) is 96.6 cm³/mol. The van der Waals surface area contributed by atoms with Crippen molar-refractivity contribution in [3.63, 3.8) is 0 Å². The van der Waals surface area contributed by atoms with E-state index < -0.39 is 0 Å². The van der Waals surface area contributed by atoms with Gasteiger partial charge in [-0.3, -0.25) is 9.59 Å². The number of nitrogens with zero attached hydrogens (tertiary/aromatic N) is 5. The van der Waals surface area contributed by atoms with Crippen LogP contribution < -0.4 is 5.56 Å². The molecule has 0 aliphatic carbocycles. The number of piperidine rings is 1. The number of carbonyl (C=O) groups is 1. The van der Waals surface area contributed by atoms with Crippen LogP contribution in [0.1, 0.15) is 37.8 Å². The zero-order valence-electron chi connectivity index (χ0n) is 14.7. The number of hydrogen-bond acceptors (Lipinski definition) is 4. The molecular weight excluding hydrogens is 330 g/mol. The van der Waals surface area contributed by atoms with E-state index in [-0.39, 0.29) is 30.1 Å². The average molecular weight is 351 g/mol. The van der Waals surface area contributed by atoms with Crippen LogP contribution in [0.3, 0.4) is 0 Å². The third-order valence-electron chi connectivity index (χ3n) is 5.09. The lowest BCUT2D eigenvalue weighted by atomic mass is 9.91. The Bertz CT molecular complexity index is 978. The van der Waals surface area contributed by atoms with Gasteiger partial charge >= 0.3 is 0 Å². The number of likely N-dealkylation sites (tertiary alicyclic amines) is 1. The van der Waals surface area contributed by atoms with Crippen LogP contribution in [-0.2, 0) is 11.3 Å². The van der Waals surface area contributed by atoms with Crippen LogP contribution in [0.2, 0.25) is 0 Å². The summed E-state index contributed by atoms with van der Waals surface area (Å²) in [6.45, 7) is 2.01. The number of hydrogen-bond donors (Lipinski definition) is 0. The molecule has 7 nitrogen and oxygen atoms in total. The second-order valence-corrected chi connectivity index (χ2v) is 6.76. The molecule has 0 bridgehead atoms. The molecule has 26 heavy (non-hydrogen) atoms. The van der Waals surface area contributed by atoms with Crippen molar-refractivity contribution < 1.29 is 4.79 Å². The van der Waals surface area contributed by atoms with E-state index in [1.54, 1.807) is 12.3 Å². The molecule has 4 rings (SSSR count). The molecule has 0 spiro atoms. The molecule has 1 amide bonds.